The van der Waals surface area contributed by atoms with Crippen LogP contribution in [0.25, 0.3) is 11.0 Å². The lowest BCUT2D eigenvalue weighted by molar-refractivity contribution is 0.309. The predicted molar refractivity (Wildman–Crippen MR) is 88.6 cm³/mol. The van der Waals surface area contributed by atoms with Crippen molar-refractivity contribution < 1.29 is 9.47 Å². The highest BCUT2D eigenvalue weighted by atomic mass is 32.2. The van der Waals surface area contributed by atoms with Gasteiger partial charge in [0.1, 0.15) is 12.4 Å². The van der Waals surface area contributed by atoms with Crippen LogP contribution < -0.4 is 9.47 Å². The molecule has 0 fully saturated rings. The van der Waals surface area contributed by atoms with Crippen molar-refractivity contribution in [1.82, 2.24) is 9.97 Å². The van der Waals surface area contributed by atoms with Gasteiger partial charge in [0.2, 0.25) is 5.88 Å². The molecule has 0 radical (unpaired) electrons. The summed E-state index contributed by atoms with van der Waals surface area (Å²) in [6.45, 7) is 0.513. The number of fused-ring (bicyclic) bond motifs is 1. The topological polar surface area (TPSA) is 44.2 Å². The minimum atomic E-state index is 0.513. The summed E-state index contributed by atoms with van der Waals surface area (Å²) in [5.41, 5.74) is 1.76. The second-order valence-corrected chi connectivity index (χ2v) is 5.55. The van der Waals surface area contributed by atoms with E-state index in [1.54, 1.807) is 25.1 Å². The number of nitrogens with zero attached hydrogens (tertiary/aromatic N) is 2. The Morgan fingerprint density at radius 2 is 2.05 bits per heavy atom. The summed E-state index contributed by atoms with van der Waals surface area (Å²) in [5, 5.41) is 0.879. The van der Waals surface area contributed by atoms with E-state index in [1.165, 1.54) is 4.90 Å². The van der Waals surface area contributed by atoms with Crippen LogP contribution >= 0.6 is 11.8 Å². The summed E-state index contributed by atoms with van der Waals surface area (Å²) in [4.78, 5) is 9.81. The van der Waals surface area contributed by atoms with Gasteiger partial charge in [0.25, 0.3) is 0 Å². The molecule has 0 saturated heterocycles. The normalized spacial score (nSPS) is 10.6. The van der Waals surface area contributed by atoms with E-state index in [4.69, 9.17) is 9.47 Å². The van der Waals surface area contributed by atoms with Gasteiger partial charge in [-0.1, -0.05) is 12.1 Å². The number of pyridine rings is 2. The average Bonchev–Trinajstić information content (AvgIpc) is 2.59. The second-order valence-electron chi connectivity index (χ2n) is 4.67. The van der Waals surface area contributed by atoms with Gasteiger partial charge in [0.15, 0.2) is 5.65 Å². The highest BCUT2D eigenvalue weighted by molar-refractivity contribution is 7.98. The van der Waals surface area contributed by atoms with Crippen LogP contribution in [-0.4, -0.2) is 23.3 Å². The van der Waals surface area contributed by atoms with Crippen LogP contribution in [0, 0.1) is 0 Å². The average molecular weight is 312 g/mol. The predicted octanol–water partition coefficient (Wildman–Crippen LogP) is 3.94. The van der Waals surface area contributed by atoms with E-state index in [0.717, 1.165) is 16.7 Å². The number of ether oxygens (including phenoxy) is 2. The molecule has 0 N–H and O–H groups in total. The first kappa shape index (κ1) is 14.7. The van der Waals surface area contributed by atoms with Crippen molar-refractivity contribution in [1.29, 1.82) is 0 Å². The second kappa shape index (κ2) is 6.66. The Kier molecular flexibility index (Phi) is 4.44. The van der Waals surface area contributed by atoms with Crippen LogP contribution in [0.2, 0.25) is 0 Å². The minimum absolute atomic E-state index is 0.513. The third-order valence-electron chi connectivity index (χ3n) is 3.28. The number of rotatable bonds is 5. The van der Waals surface area contributed by atoms with Gasteiger partial charge in [-0.05, 0) is 36.1 Å². The van der Waals surface area contributed by atoms with Gasteiger partial charge in [-0.15, -0.1) is 11.8 Å². The van der Waals surface area contributed by atoms with Gasteiger partial charge in [0, 0.05) is 17.2 Å². The molecule has 4 nitrogen and oxygen atoms in total. The number of thioether (sulfide) groups is 1. The van der Waals surface area contributed by atoms with Crippen LogP contribution in [-0.2, 0) is 6.61 Å². The van der Waals surface area contributed by atoms with Crippen LogP contribution in [0.3, 0.4) is 0 Å². The van der Waals surface area contributed by atoms with Crippen LogP contribution in [0.15, 0.2) is 53.6 Å². The molecule has 3 rings (SSSR count). The molecule has 0 spiro atoms. The van der Waals surface area contributed by atoms with Crippen molar-refractivity contribution in [2.75, 3.05) is 13.4 Å². The van der Waals surface area contributed by atoms with E-state index in [2.05, 4.69) is 34.4 Å². The largest absolute Gasteiger partial charge is 0.488 e. The molecule has 0 amide bonds. The quantitative estimate of drug-likeness (QED) is 0.668. The van der Waals surface area contributed by atoms with E-state index in [9.17, 15) is 0 Å². The van der Waals surface area contributed by atoms with Crippen molar-refractivity contribution >= 4 is 22.8 Å². The van der Waals surface area contributed by atoms with Gasteiger partial charge < -0.3 is 9.47 Å². The summed E-state index contributed by atoms with van der Waals surface area (Å²) >= 11 is 1.72. The Bertz CT molecular complexity index is 792. The highest BCUT2D eigenvalue weighted by Gasteiger charge is 2.06. The minimum Gasteiger partial charge on any atom is -0.488 e. The van der Waals surface area contributed by atoms with Crippen molar-refractivity contribution in [3.63, 3.8) is 0 Å². The molecular formula is C17H16N2O2S. The van der Waals surface area contributed by atoms with Gasteiger partial charge >= 0.3 is 0 Å². The molecule has 0 saturated carbocycles. The van der Waals surface area contributed by atoms with Crippen molar-refractivity contribution in [2.45, 2.75) is 11.5 Å². The molecule has 3 aromatic rings. The van der Waals surface area contributed by atoms with Gasteiger partial charge in [-0.25, -0.2) is 4.98 Å². The van der Waals surface area contributed by atoms with Gasteiger partial charge in [-0.2, -0.15) is 4.98 Å². The maximum Gasteiger partial charge on any atom is 0.215 e. The number of benzene rings is 1. The SMILES string of the molecule is COc1ccc2c(OCc3cccc(SC)c3)ccnc2n1. The zero-order valence-corrected chi connectivity index (χ0v) is 13.3. The fourth-order valence-corrected chi connectivity index (χ4v) is 2.63. The lowest BCUT2D eigenvalue weighted by atomic mass is 10.2. The summed E-state index contributed by atoms with van der Waals surface area (Å²) in [6, 6.07) is 13.9. The van der Waals surface area contributed by atoms with Crippen molar-refractivity contribution in [3.8, 4) is 11.6 Å². The number of aromatic nitrogens is 2. The molecular weight excluding hydrogens is 296 g/mol. The third-order valence-corrected chi connectivity index (χ3v) is 4.00. The lowest BCUT2D eigenvalue weighted by Gasteiger charge is -2.10. The fraction of sp³-hybridized carbons (Fsp3) is 0.176. The first-order chi connectivity index (χ1) is 10.8. The van der Waals surface area contributed by atoms with Crippen molar-refractivity contribution in [3.05, 3.63) is 54.2 Å². The zero-order chi connectivity index (χ0) is 15.4. The van der Waals surface area contributed by atoms with E-state index < -0.39 is 0 Å². The van der Waals surface area contributed by atoms with Gasteiger partial charge in [0.05, 0.1) is 12.5 Å². The molecule has 0 unspecified atom stereocenters. The van der Waals surface area contributed by atoms with E-state index >= 15 is 0 Å². The van der Waals surface area contributed by atoms with Crippen LogP contribution in [0.5, 0.6) is 11.6 Å². The maximum atomic E-state index is 5.95. The molecule has 22 heavy (non-hydrogen) atoms. The van der Waals surface area contributed by atoms with E-state index in [-0.39, 0.29) is 0 Å². The van der Waals surface area contributed by atoms with Crippen molar-refractivity contribution in [2.24, 2.45) is 0 Å². The number of hydrogen-bond donors (Lipinski definition) is 0. The summed E-state index contributed by atoms with van der Waals surface area (Å²) in [6.07, 6.45) is 3.76. The molecule has 112 valence electrons. The zero-order valence-electron chi connectivity index (χ0n) is 12.4. The molecule has 0 atom stereocenters. The summed E-state index contributed by atoms with van der Waals surface area (Å²) < 4.78 is 11.1. The molecule has 2 aromatic heterocycles. The first-order valence-corrected chi connectivity index (χ1v) is 8.08. The molecule has 0 bridgehead atoms. The Balaban J connectivity index is 1.84. The number of methoxy groups -OCH3 is 1. The maximum absolute atomic E-state index is 5.95. The smallest absolute Gasteiger partial charge is 0.215 e. The Morgan fingerprint density at radius 1 is 1.14 bits per heavy atom. The highest BCUT2D eigenvalue weighted by Crippen LogP contribution is 2.25. The number of hydrogen-bond acceptors (Lipinski definition) is 5. The van der Waals surface area contributed by atoms with E-state index in [0.29, 0.717) is 18.1 Å². The van der Waals surface area contributed by atoms with Crippen LogP contribution in [0.1, 0.15) is 5.56 Å². The Hall–Kier alpha value is -2.27. The molecule has 0 aliphatic carbocycles. The third kappa shape index (κ3) is 3.14. The fourth-order valence-electron chi connectivity index (χ4n) is 2.15. The molecule has 1 aromatic carbocycles. The summed E-state index contributed by atoms with van der Waals surface area (Å²) in [5.74, 6) is 1.32. The van der Waals surface area contributed by atoms with Gasteiger partial charge in [-0.3, -0.25) is 0 Å². The molecule has 5 heteroatoms. The molecule has 0 aliphatic heterocycles. The lowest BCUT2D eigenvalue weighted by Crippen LogP contribution is -1.98. The standard InChI is InChI=1S/C17H16N2O2S/c1-20-16-7-6-14-15(8-9-18-17(14)19-16)21-11-12-4-3-5-13(10-12)22-2/h3-10H,11H2,1-2H3. The Labute approximate surface area is 133 Å². The Morgan fingerprint density at radius 3 is 2.86 bits per heavy atom. The summed E-state index contributed by atoms with van der Waals surface area (Å²) in [7, 11) is 1.59. The molecule has 2 heterocycles. The van der Waals surface area contributed by atoms with E-state index in [1.807, 2.05) is 24.3 Å². The first-order valence-electron chi connectivity index (χ1n) is 6.85. The van der Waals surface area contributed by atoms with Crippen LogP contribution in [0.4, 0.5) is 0 Å². The molecule has 0 aliphatic rings. The monoisotopic (exact) mass is 312 g/mol.